The first-order valence-electron chi connectivity index (χ1n) is 7.40. The zero-order valence-corrected chi connectivity index (χ0v) is 11.3. The van der Waals surface area contributed by atoms with E-state index in [0.717, 1.165) is 24.9 Å². The van der Waals surface area contributed by atoms with Crippen LogP contribution in [0.4, 0.5) is 5.69 Å². The minimum atomic E-state index is -0.0150. The molecular formula is C16H18N2O2. The van der Waals surface area contributed by atoms with E-state index < -0.39 is 0 Å². The molecule has 104 valence electrons. The zero-order chi connectivity index (χ0) is 13.7. The van der Waals surface area contributed by atoms with Crippen LogP contribution in [0.1, 0.15) is 19.3 Å². The largest absolute Gasteiger partial charge is 0.367 e. The highest BCUT2D eigenvalue weighted by Gasteiger charge is 2.60. The third-order valence-electron chi connectivity index (χ3n) is 5.23. The SMILES string of the molecule is O=C1[C@@H]2[C@@H]3CC[C@H](C3)[C@@H]2C(=O)N1CNc1ccccc1. The fourth-order valence-corrected chi connectivity index (χ4v) is 4.35. The summed E-state index contributed by atoms with van der Waals surface area (Å²) in [6.45, 7) is 0.300. The number of amides is 2. The third kappa shape index (κ3) is 1.60. The Hall–Kier alpha value is -1.84. The molecule has 0 radical (unpaired) electrons. The molecule has 3 fully saturated rings. The quantitative estimate of drug-likeness (QED) is 0.856. The lowest BCUT2D eigenvalue weighted by Crippen LogP contribution is -2.36. The second-order valence-electron chi connectivity index (χ2n) is 6.19. The minimum absolute atomic E-state index is 0.0150. The molecule has 3 aliphatic rings. The van der Waals surface area contributed by atoms with Crippen LogP contribution in [0.3, 0.4) is 0 Å². The van der Waals surface area contributed by atoms with Crippen LogP contribution in [0, 0.1) is 23.7 Å². The van der Waals surface area contributed by atoms with E-state index in [-0.39, 0.29) is 23.7 Å². The van der Waals surface area contributed by atoms with Crippen molar-refractivity contribution in [2.75, 3.05) is 12.0 Å². The van der Waals surface area contributed by atoms with Crippen molar-refractivity contribution in [1.82, 2.24) is 4.90 Å². The molecule has 4 rings (SSSR count). The van der Waals surface area contributed by atoms with Gasteiger partial charge in [0.05, 0.1) is 18.5 Å². The van der Waals surface area contributed by atoms with Gasteiger partial charge in [-0.3, -0.25) is 14.5 Å². The molecule has 1 N–H and O–H groups in total. The highest BCUT2D eigenvalue weighted by molar-refractivity contribution is 6.06. The van der Waals surface area contributed by atoms with Crippen LogP contribution < -0.4 is 5.32 Å². The number of nitrogens with one attached hydrogen (secondary N) is 1. The van der Waals surface area contributed by atoms with E-state index in [0.29, 0.717) is 18.5 Å². The summed E-state index contributed by atoms with van der Waals surface area (Å²) < 4.78 is 0. The van der Waals surface area contributed by atoms with Crippen LogP contribution in [0.5, 0.6) is 0 Å². The summed E-state index contributed by atoms with van der Waals surface area (Å²) in [7, 11) is 0. The first-order chi connectivity index (χ1) is 9.75. The molecule has 0 aromatic heterocycles. The molecule has 1 aliphatic heterocycles. The van der Waals surface area contributed by atoms with Gasteiger partial charge in [-0.2, -0.15) is 0 Å². The van der Waals surface area contributed by atoms with E-state index in [2.05, 4.69) is 5.32 Å². The molecule has 2 amide bonds. The molecule has 1 aromatic rings. The van der Waals surface area contributed by atoms with Gasteiger partial charge in [-0.25, -0.2) is 0 Å². The van der Waals surface area contributed by atoms with E-state index in [9.17, 15) is 9.59 Å². The minimum Gasteiger partial charge on any atom is -0.367 e. The van der Waals surface area contributed by atoms with Crippen LogP contribution >= 0.6 is 0 Å². The second kappa shape index (κ2) is 4.33. The summed E-state index contributed by atoms with van der Waals surface area (Å²) in [5.41, 5.74) is 0.938. The molecule has 2 bridgehead atoms. The number of carbonyl (C=O) groups is 2. The van der Waals surface area contributed by atoms with Gasteiger partial charge in [0.2, 0.25) is 11.8 Å². The number of para-hydroxylation sites is 1. The average Bonchev–Trinajstić information content (AvgIpc) is 3.13. The molecule has 4 heteroatoms. The number of anilines is 1. The van der Waals surface area contributed by atoms with Gasteiger partial charge in [0, 0.05) is 5.69 Å². The summed E-state index contributed by atoms with van der Waals surface area (Å²) in [6, 6.07) is 9.69. The number of hydrogen-bond acceptors (Lipinski definition) is 3. The molecule has 2 saturated carbocycles. The van der Waals surface area contributed by atoms with Crippen molar-refractivity contribution >= 4 is 17.5 Å². The molecule has 4 nitrogen and oxygen atoms in total. The molecule has 20 heavy (non-hydrogen) atoms. The van der Waals surface area contributed by atoms with Crippen molar-refractivity contribution in [3.8, 4) is 0 Å². The van der Waals surface area contributed by atoms with Gasteiger partial charge >= 0.3 is 0 Å². The topological polar surface area (TPSA) is 49.4 Å². The highest BCUT2D eigenvalue weighted by atomic mass is 16.2. The summed E-state index contributed by atoms with van der Waals surface area (Å²) in [6.07, 6.45) is 3.35. The maximum Gasteiger partial charge on any atom is 0.234 e. The normalized spacial score (nSPS) is 34.7. The lowest BCUT2D eigenvalue weighted by Gasteiger charge is -2.19. The molecule has 1 saturated heterocycles. The van der Waals surface area contributed by atoms with Gasteiger partial charge in [-0.05, 0) is 43.2 Å². The number of carbonyl (C=O) groups excluding carboxylic acids is 2. The smallest absolute Gasteiger partial charge is 0.234 e. The number of nitrogens with zero attached hydrogens (tertiary/aromatic N) is 1. The Morgan fingerprint density at radius 2 is 1.60 bits per heavy atom. The molecule has 0 spiro atoms. The summed E-state index contributed by atoms with van der Waals surface area (Å²) in [4.78, 5) is 26.4. The lowest BCUT2D eigenvalue weighted by atomic mass is 9.81. The molecular weight excluding hydrogens is 252 g/mol. The number of likely N-dealkylation sites (tertiary alicyclic amines) is 1. The number of hydrogen-bond donors (Lipinski definition) is 1. The maximum atomic E-state index is 12.5. The summed E-state index contributed by atoms with van der Waals surface area (Å²) in [5.74, 6) is 0.996. The lowest BCUT2D eigenvalue weighted by molar-refractivity contribution is -0.140. The van der Waals surface area contributed by atoms with Crippen molar-refractivity contribution in [1.29, 1.82) is 0 Å². The summed E-state index contributed by atoms with van der Waals surface area (Å²) >= 11 is 0. The van der Waals surface area contributed by atoms with Gasteiger partial charge in [-0.15, -0.1) is 0 Å². The number of rotatable bonds is 3. The van der Waals surface area contributed by atoms with Crippen molar-refractivity contribution in [3.63, 3.8) is 0 Å². The number of benzene rings is 1. The monoisotopic (exact) mass is 270 g/mol. The van der Waals surface area contributed by atoms with Crippen molar-refractivity contribution in [3.05, 3.63) is 30.3 Å². The molecule has 1 aromatic carbocycles. The molecule has 0 unspecified atom stereocenters. The number of imide groups is 1. The summed E-state index contributed by atoms with van der Waals surface area (Å²) in [5, 5.41) is 3.17. The van der Waals surface area contributed by atoms with Gasteiger partial charge in [0.15, 0.2) is 0 Å². The third-order valence-corrected chi connectivity index (χ3v) is 5.23. The Balaban J connectivity index is 1.50. The van der Waals surface area contributed by atoms with Crippen LogP contribution in [0.15, 0.2) is 30.3 Å². The molecule has 4 atom stereocenters. The Bertz CT molecular complexity index is 529. The van der Waals surface area contributed by atoms with E-state index in [4.69, 9.17) is 0 Å². The molecule has 2 aliphatic carbocycles. The van der Waals surface area contributed by atoms with Crippen LogP contribution in [0.25, 0.3) is 0 Å². The van der Waals surface area contributed by atoms with E-state index in [1.54, 1.807) is 0 Å². The first-order valence-corrected chi connectivity index (χ1v) is 7.40. The Kier molecular flexibility index (Phi) is 2.59. The standard InChI is InChI=1S/C16H18N2O2/c19-15-13-10-6-7-11(8-10)14(13)16(20)18(15)9-17-12-4-2-1-3-5-12/h1-5,10-11,13-14,17H,6-9H2/t10-,11-,13-,14+/m1/s1. The van der Waals surface area contributed by atoms with Gasteiger partial charge in [-0.1, -0.05) is 18.2 Å². The van der Waals surface area contributed by atoms with E-state index in [1.807, 2.05) is 30.3 Å². The van der Waals surface area contributed by atoms with Crippen LogP contribution in [-0.2, 0) is 9.59 Å². The van der Waals surface area contributed by atoms with E-state index >= 15 is 0 Å². The maximum absolute atomic E-state index is 12.5. The van der Waals surface area contributed by atoms with E-state index in [1.165, 1.54) is 4.90 Å². The zero-order valence-electron chi connectivity index (χ0n) is 11.3. The van der Waals surface area contributed by atoms with Crippen LogP contribution in [-0.4, -0.2) is 23.4 Å². The Labute approximate surface area is 118 Å². The van der Waals surface area contributed by atoms with Gasteiger partial charge < -0.3 is 5.32 Å². The highest BCUT2D eigenvalue weighted by Crippen LogP contribution is 2.55. The number of fused-ring (bicyclic) bond motifs is 5. The first kappa shape index (κ1) is 11.9. The predicted octanol–water partition coefficient (Wildman–Crippen LogP) is 2.09. The van der Waals surface area contributed by atoms with Crippen LogP contribution in [0.2, 0.25) is 0 Å². The van der Waals surface area contributed by atoms with Crippen molar-refractivity contribution in [2.45, 2.75) is 19.3 Å². The average molecular weight is 270 g/mol. The molecule has 1 heterocycles. The Morgan fingerprint density at radius 1 is 1.00 bits per heavy atom. The van der Waals surface area contributed by atoms with Gasteiger partial charge in [0.1, 0.15) is 0 Å². The Morgan fingerprint density at radius 3 is 2.20 bits per heavy atom. The van der Waals surface area contributed by atoms with Gasteiger partial charge in [0.25, 0.3) is 0 Å². The van der Waals surface area contributed by atoms with Crippen molar-refractivity contribution < 1.29 is 9.59 Å². The van der Waals surface area contributed by atoms with Crippen molar-refractivity contribution in [2.24, 2.45) is 23.7 Å². The fraction of sp³-hybridized carbons (Fsp3) is 0.500. The second-order valence-corrected chi connectivity index (χ2v) is 6.19. The predicted molar refractivity (Wildman–Crippen MR) is 74.6 cm³/mol. The fourth-order valence-electron chi connectivity index (χ4n) is 4.35.